The number of rotatable bonds is 4. The van der Waals surface area contributed by atoms with Crippen molar-refractivity contribution in [1.82, 2.24) is 19.5 Å². The van der Waals surface area contributed by atoms with Gasteiger partial charge in [0.25, 0.3) is 0 Å². The molecule has 1 amide bonds. The zero-order valence-electron chi connectivity index (χ0n) is 15.3. The zero-order chi connectivity index (χ0) is 18.8. The SMILES string of the molecule is C[C@H]1C[C@@H](C(=O)Nc2cccc(Cn3nc4ccccn4c3=O)c2)CCN1. The Bertz CT molecular complexity index is 1020. The van der Waals surface area contributed by atoms with E-state index in [-0.39, 0.29) is 17.5 Å². The second-order valence-corrected chi connectivity index (χ2v) is 7.14. The molecule has 2 N–H and O–H groups in total. The maximum Gasteiger partial charge on any atom is 0.350 e. The van der Waals surface area contributed by atoms with E-state index in [0.29, 0.717) is 18.2 Å². The number of aromatic nitrogens is 3. The number of nitrogens with one attached hydrogen (secondary N) is 2. The summed E-state index contributed by atoms with van der Waals surface area (Å²) in [4.78, 5) is 25.0. The van der Waals surface area contributed by atoms with Crippen LogP contribution in [0.25, 0.3) is 5.65 Å². The quantitative estimate of drug-likeness (QED) is 0.740. The minimum atomic E-state index is -0.177. The molecule has 0 saturated carbocycles. The van der Waals surface area contributed by atoms with Crippen LogP contribution in [-0.4, -0.2) is 32.7 Å². The molecule has 1 saturated heterocycles. The van der Waals surface area contributed by atoms with Gasteiger partial charge in [-0.3, -0.25) is 9.20 Å². The van der Waals surface area contributed by atoms with Crippen LogP contribution in [0.3, 0.4) is 0 Å². The second-order valence-electron chi connectivity index (χ2n) is 7.14. The van der Waals surface area contributed by atoms with Gasteiger partial charge in [-0.15, -0.1) is 5.10 Å². The van der Waals surface area contributed by atoms with Crippen LogP contribution in [-0.2, 0) is 11.3 Å². The first-order valence-corrected chi connectivity index (χ1v) is 9.27. The number of nitrogens with zero attached hydrogens (tertiary/aromatic N) is 3. The Kier molecular flexibility index (Phi) is 4.77. The smallest absolute Gasteiger partial charge is 0.326 e. The molecule has 27 heavy (non-hydrogen) atoms. The van der Waals surface area contributed by atoms with Crippen molar-refractivity contribution in [3.05, 3.63) is 64.7 Å². The van der Waals surface area contributed by atoms with Crippen molar-refractivity contribution in [1.29, 1.82) is 0 Å². The molecule has 0 aliphatic carbocycles. The van der Waals surface area contributed by atoms with Crippen molar-refractivity contribution in [3.63, 3.8) is 0 Å². The third-order valence-electron chi connectivity index (χ3n) is 5.01. The molecule has 0 bridgehead atoms. The molecule has 140 valence electrons. The Morgan fingerprint density at radius 1 is 1.30 bits per heavy atom. The molecule has 3 heterocycles. The number of anilines is 1. The van der Waals surface area contributed by atoms with E-state index in [1.165, 1.54) is 9.08 Å². The average Bonchev–Trinajstić information content (AvgIpc) is 2.98. The van der Waals surface area contributed by atoms with E-state index in [9.17, 15) is 9.59 Å². The summed E-state index contributed by atoms with van der Waals surface area (Å²) in [6, 6.07) is 13.4. The zero-order valence-corrected chi connectivity index (χ0v) is 15.3. The maximum absolute atomic E-state index is 12.5. The highest BCUT2D eigenvalue weighted by molar-refractivity contribution is 5.92. The molecule has 1 aromatic carbocycles. The summed E-state index contributed by atoms with van der Waals surface area (Å²) >= 11 is 0. The van der Waals surface area contributed by atoms with Gasteiger partial charge in [0.1, 0.15) is 0 Å². The fourth-order valence-corrected chi connectivity index (χ4v) is 3.61. The Labute approximate surface area is 157 Å². The first-order chi connectivity index (χ1) is 13.1. The molecule has 2 atom stereocenters. The van der Waals surface area contributed by atoms with Gasteiger partial charge in [0, 0.05) is 23.8 Å². The number of hydrogen-bond donors (Lipinski definition) is 2. The minimum Gasteiger partial charge on any atom is -0.326 e. The van der Waals surface area contributed by atoms with Crippen LogP contribution in [0.15, 0.2) is 53.5 Å². The molecule has 0 radical (unpaired) electrons. The van der Waals surface area contributed by atoms with E-state index in [1.807, 2.05) is 30.3 Å². The summed E-state index contributed by atoms with van der Waals surface area (Å²) < 4.78 is 2.95. The standard InChI is InChI=1S/C20H23N5O2/c1-14-11-16(8-9-21-14)19(26)22-17-6-4-5-15(12-17)13-25-20(27)24-10-3-2-7-18(24)23-25/h2-7,10,12,14,16,21H,8-9,11,13H2,1H3,(H,22,26)/t14-,16-/m0/s1. The van der Waals surface area contributed by atoms with Gasteiger partial charge in [-0.25, -0.2) is 9.48 Å². The summed E-state index contributed by atoms with van der Waals surface area (Å²) in [5.41, 5.74) is 2.10. The van der Waals surface area contributed by atoms with Crippen molar-refractivity contribution in [3.8, 4) is 0 Å². The number of fused-ring (bicyclic) bond motifs is 1. The second kappa shape index (κ2) is 7.36. The monoisotopic (exact) mass is 365 g/mol. The highest BCUT2D eigenvalue weighted by atomic mass is 16.2. The number of pyridine rings is 1. The topological polar surface area (TPSA) is 80.4 Å². The molecule has 0 spiro atoms. The Morgan fingerprint density at radius 3 is 3.00 bits per heavy atom. The van der Waals surface area contributed by atoms with Crippen LogP contribution in [0, 0.1) is 5.92 Å². The molecule has 1 aliphatic heterocycles. The number of carbonyl (C=O) groups is 1. The predicted molar refractivity (Wildman–Crippen MR) is 104 cm³/mol. The van der Waals surface area contributed by atoms with E-state index in [4.69, 9.17) is 0 Å². The summed E-state index contributed by atoms with van der Waals surface area (Å²) in [6.07, 6.45) is 3.41. The van der Waals surface area contributed by atoms with Crippen LogP contribution in [0.4, 0.5) is 5.69 Å². The minimum absolute atomic E-state index is 0.0333. The lowest BCUT2D eigenvalue weighted by molar-refractivity contribution is -0.120. The summed E-state index contributed by atoms with van der Waals surface area (Å²) in [5, 5.41) is 10.7. The molecule has 0 unspecified atom stereocenters. The number of piperidine rings is 1. The third-order valence-corrected chi connectivity index (χ3v) is 5.01. The number of carbonyl (C=O) groups excluding carboxylic acids is 1. The van der Waals surface area contributed by atoms with Crippen LogP contribution >= 0.6 is 0 Å². The summed E-state index contributed by atoms with van der Waals surface area (Å²) in [7, 11) is 0. The Morgan fingerprint density at radius 2 is 2.19 bits per heavy atom. The van der Waals surface area contributed by atoms with Crippen LogP contribution in [0.2, 0.25) is 0 Å². The fraction of sp³-hybridized carbons (Fsp3) is 0.350. The van der Waals surface area contributed by atoms with Gasteiger partial charge in [-0.05, 0) is 56.1 Å². The van der Waals surface area contributed by atoms with Crippen molar-refractivity contribution in [2.24, 2.45) is 5.92 Å². The highest BCUT2D eigenvalue weighted by Gasteiger charge is 2.24. The van der Waals surface area contributed by atoms with Gasteiger partial charge in [-0.1, -0.05) is 18.2 Å². The van der Waals surface area contributed by atoms with E-state index in [0.717, 1.165) is 30.6 Å². The summed E-state index contributed by atoms with van der Waals surface area (Å²) in [5.74, 6) is 0.0939. The Balaban J connectivity index is 1.49. The van der Waals surface area contributed by atoms with Gasteiger partial charge in [0.15, 0.2) is 5.65 Å². The molecular formula is C20H23N5O2. The lowest BCUT2D eigenvalue weighted by Crippen LogP contribution is -2.40. The lowest BCUT2D eigenvalue weighted by atomic mass is 9.92. The fourth-order valence-electron chi connectivity index (χ4n) is 3.61. The van der Waals surface area contributed by atoms with Gasteiger partial charge in [0.05, 0.1) is 6.54 Å². The normalized spacial score (nSPS) is 19.9. The van der Waals surface area contributed by atoms with Gasteiger partial charge in [0.2, 0.25) is 5.91 Å². The van der Waals surface area contributed by atoms with Gasteiger partial charge < -0.3 is 10.6 Å². The number of benzene rings is 1. The van der Waals surface area contributed by atoms with Crippen molar-refractivity contribution in [2.75, 3.05) is 11.9 Å². The van der Waals surface area contributed by atoms with E-state index >= 15 is 0 Å². The Hall–Kier alpha value is -2.93. The first kappa shape index (κ1) is 17.5. The van der Waals surface area contributed by atoms with E-state index in [1.54, 1.807) is 18.3 Å². The number of amides is 1. The van der Waals surface area contributed by atoms with Crippen LogP contribution < -0.4 is 16.3 Å². The van der Waals surface area contributed by atoms with Crippen molar-refractivity contribution in [2.45, 2.75) is 32.4 Å². The largest absolute Gasteiger partial charge is 0.350 e. The predicted octanol–water partition coefficient (Wildman–Crippen LogP) is 1.87. The van der Waals surface area contributed by atoms with Crippen LogP contribution in [0.1, 0.15) is 25.3 Å². The van der Waals surface area contributed by atoms with Crippen molar-refractivity contribution < 1.29 is 4.79 Å². The van der Waals surface area contributed by atoms with E-state index < -0.39 is 0 Å². The molecule has 1 fully saturated rings. The maximum atomic E-state index is 12.5. The highest BCUT2D eigenvalue weighted by Crippen LogP contribution is 2.19. The van der Waals surface area contributed by atoms with Crippen molar-refractivity contribution >= 4 is 17.2 Å². The van der Waals surface area contributed by atoms with Gasteiger partial charge >= 0.3 is 5.69 Å². The molecular weight excluding hydrogens is 342 g/mol. The molecule has 3 aromatic rings. The average molecular weight is 365 g/mol. The van der Waals surface area contributed by atoms with Gasteiger partial charge in [-0.2, -0.15) is 0 Å². The molecule has 2 aromatic heterocycles. The number of hydrogen-bond acceptors (Lipinski definition) is 4. The van der Waals surface area contributed by atoms with E-state index in [2.05, 4.69) is 22.7 Å². The molecule has 4 rings (SSSR count). The molecule has 7 heteroatoms. The molecule has 1 aliphatic rings. The summed E-state index contributed by atoms with van der Waals surface area (Å²) in [6.45, 7) is 3.33. The third kappa shape index (κ3) is 3.78. The lowest BCUT2D eigenvalue weighted by Gasteiger charge is -2.27. The first-order valence-electron chi connectivity index (χ1n) is 9.27. The molecule has 7 nitrogen and oxygen atoms in total. The van der Waals surface area contributed by atoms with Crippen LogP contribution in [0.5, 0.6) is 0 Å².